The summed E-state index contributed by atoms with van der Waals surface area (Å²) in [6.45, 7) is 5.43. The highest BCUT2D eigenvalue weighted by Crippen LogP contribution is 2.50. The molecule has 0 spiro atoms. The van der Waals surface area contributed by atoms with Gasteiger partial charge in [0.2, 0.25) is 0 Å². The fraction of sp³-hybridized carbons (Fsp3) is 0.312. The Morgan fingerprint density at radius 3 is 2.22 bits per heavy atom. The van der Waals surface area contributed by atoms with Gasteiger partial charge in [0.15, 0.2) is 0 Å². The Morgan fingerprint density at radius 2 is 1.47 bits per heavy atom. The molecule has 1 N–H and O–H groups in total. The Balaban J connectivity index is 1.55. The summed E-state index contributed by atoms with van der Waals surface area (Å²) in [5.41, 5.74) is 3.74. The topological polar surface area (TPSA) is 26.7 Å². The maximum Gasteiger partial charge on any atom is 0.128 e. The van der Waals surface area contributed by atoms with Gasteiger partial charge in [0.05, 0.1) is 6.10 Å². The highest BCUT2D eigenvalue weighted by Gasteiger charge is 2.50. The van der Waals surface area contributed by atoms with Gasteiger partial charge in [-0.3, -0.25) is 0 Å². The van der Waals surface area contributed by atoms with E-state index in [9.17, 15) is 5.11 Å². The average Bonchev–Trinajstić information content (AvgIpc) is 2.88. The molecule has 4 heteroatoms. The number of aliphatic hydroxyl groups excluding tert-OH is 1. The molecule has 4 atom stereocenters. The van der Waals surface area contributed by atoms with Crippen LogP contribution in [0.15, 0.2) is 102 Å². The van der Waals surface area contributed by atoms with Gasteiger partial charge >= 0.3 is 0 Å². The maximum absolute atomic E-state index is 11.5. The number of halogens is 1. The zero-order chi connectivity index (χ0) is 24.9. The largest absolute Gasteiger partial charge is 0.393 e. The summed E-state index contributed by atoms with van der Waals surface area (Å²) in [7, 11) is 0. The molecular weight excluding hydrogens is 508 g/mol. The van der Waals surface area contributed by atoms with E-state index in [1.54, 1.807) is 0 Å². The first-order chi connectivity index (χ1) is 17.4. The van der Waals surface area contributed by atoms with Crippen molar-refractivity contribution >= 4 is 38.1 Å². The summed E-state index contributed by atoms with van der Waals surface area (Å²) in [6.07, 6.45) is 1.58. The van der Waals surface area contributed by atoms with Crippen LogP contribution in [0.5, 0.6) is 0 Å². The molecule has 4 aromatic carbocycles. The van der Waals surface area contributed by atoms with E-state index in [-0.39, 0.29) is 29.6 Å². The van der Waals surface area contributed by atoms with Gasteiger partial charge in [0.25, 0.3) is 0 Å². The SMILES string of the molecule is CC1(C)CC(O)C2CN(c3ccc4ccccc4c3)C(c3ccc(Br)cc3)N(c3ccccc3)C2C1. The van der Waals surface area contributed by atoms with Gasteiger partial charge in [-0.05, 0) is 71.0 Å². The van der Waals surface area contributed by atoms with Crippen LogP contribution in [0.2, 0.25) is 0 Å². The number of hydrogen-bond acceptors (Lipinski definition) is 3. The third kappa shape index (κ3) is 4.31. The Labute approximate surface area is 222 Å². The number of hydrogen-bond donors (Lipinski definition) is 1. The van der Waals surface area contributed by atoms with Crippen LogP contribution in [0, 0.1) is 11.3 Å². The van der Waals surface area contributed by atoms with Crippen LogP contribution in [0.4, 0.5) is 11.4 Å². The van der Waals surface area contributed by atoms with Gasteiger partial charge in [-0.1, -0.05) is 90.4 Å². The normalized spacial score (nSPS) is 25.6. The van der Waals surface area contributed by atoms with Crippen LogP contribution >= 0.6 is 15.9 Å². The van der Waals surface area contributed by atoms with Crippen molar-refractivity contribution in [3.8, 4) is 0 Å². The molecule has 1 heterocycles. The summed E-state index contributed by atoms with van der Waals surface area (Å²) >= 11 is 3.63. The third-order valence-corrected chi connectivity index (χ3v) is 8.65. The molecule has 4 aromatic rings. The minimum atomic E-state index is -0.334. The van der Waals surface area contributed by atoms with Crippen molar-refractivity contribution in [1.82, 2.24) is 0 Å². The minimum Gasteiger partial charge on any atom is -0.393 e. The van der Waals surface area contributed by atoms with Crippen molar-refractivity contribution in [3.63, 3.8) is 0 Å². The number of anilines is 2. The molecule has 1 aliphatic heterocycles. The second-order valence-electron chi connectivity index (χ2n) is 11.2. The Kier molecular flexibility index (Phi) is 6.05. The van der Waals surface area contributed by atoms with Gasteiger partial charge in [-0.2, -0.15) is 0 Å². The van der Waals surface area contributed by atoms with Crippen molar-refractivity contribution in [2.24, 2.45) is 11.3 Å². The van der Waals surface area contributed by atoms with E-state index in [0.717, 1.165) is 23.9 Å². The Morgan fingerprint density at radius 1 is 0.778 bits per heavy atom. The molecule has 0 radical (unpaired) electrons. The van der Waals surface area contributed by atoms with Crippen LogP contribution in [0.25, 0.3) is 10.8 Å². The molecule has 0 bridgehead atoms. The standard InChI is InChI=1S/C32H33BrN2O/c1-32(2)19-29-28(30(36)20-32)21-34(27-17-14-22-8-6-7-9-24(22)18-27)31(23-12-15-25(33)16-13-23)35(29)26-10-4-3-5-11-26/h3-18,28-31,36H,19-21H2,1-2H3. The van der Waals surface area contributed by atoms with E-state index in [2.05, 4.69) is 137 Å². The zero-order valence-electron chi connectivity index (χ0n) is 20.9. The molecule has 6 rings (SSSR count). The Hall–Kier alpha value is -2.82. The van der Waals surface area contributed by atoms with Crippen molar-refractivity contribution < 1.29 is 5.11 Å². The first-order valence-corrected chi connectivity index (χ1v) is 13.7. The second kappa shape index (κ2) is 9.24. The second-order valence-corrected chi connectivity index (χ2v) is 12.1. The zero-order valence-corrected chi connectivity index (χ0v) is 22.5. The number of para-hydroxylation sites is 1. The van der Waals surface area contributed by atoms with Gasteiger partial charge in [-0.15, -0.1) is 0 Å². The van der Waals surface area contributed by atoms with Crippen molar-refractivity contribution in [3.05, 3.63) is 107 Å². The van der Waals surface area contributed by atoms with E-state index in [1.807, 2.05) is 0 Å². The number of rotatable bonds is 3. The lowest BCUT2D eigenvalue weighted by Gasteiger charge is -2.59. The lowest BCUT2D eigenvalue weighted by Crippen LogP contribution is -2.63. The smallest absolute Gasteiger partial charge is 0.128 e. The van der Waals surface area contributed by atoms with E-state index in [1.165, 1.54) is 27.7 Å². The van der Waals surface area contributed by atoms with E-state index in [4.69, 9.17) is 0 Å². The summed E-state index contributed by atoms with van der Waals surface area (Å²) in [5.74, 6) is 0.163. The van der Waals surface area contributed by atoms with E-state index < -0.39 is 0 Å². The lowest BCUT2D eigenvalue weighted by molar-refractivity contribution is -0.00719. The molecule has 0 aromatic heterocycles. The molecule has 1 aliphatic carbocycles. The van der Waals surface area contributed by atoms with E-state index in [0.29, 0.717) is 0 Å². The fourth-order valence-electron chi connectivity index (χ4n) is 6.49. The number of benzene rings is 4. The molecular formula is C32H33BrN2O. The predicted octanol–water partition coefficient (Wildman–Crippen LogP) is 7.79. The first kappa shape index (κ1) is 23.6. The number of fused-ring (bicyclic) bond motifs is 2. The van der Waals surface area contributed by atoms with Gasteiger partial charge in [0.1, 0.15) is 6.17 Å². The number of nitrogens with zero attached hydrogens (tertiary/aromatic N) is 2. The molecule has 1 saturated carbocycles. The highest BCUT2D eigenvalue weighted by atomic mass is 79.9. The van der Waals surface area contributed by atoms with Gasteiger partial charge in [0, 0.05) is 34.4 Å². The molecule has 2 fully saturated rings. The summed E-state index contributed by atoms with van der Waals surface area (Å²) in [4.78, 5) is 5.11. The lowest BCUT2D eigenvalue weighted by atomic mass is 9.66. The maximum atomic E-state index is 11.5. The molecule has 1 saturated heterocycles. The minimum absolute atomic E-state index is 0.0176. The number of aliphatic hydroxyl groups is 1. The highest BCUT2D eigenvalue weighted by molar-refractivity contribution is 9.10. The molecule has 0 amide bonds. The van der Waals surface area contributed by atoms with Crippen molar-refractivity contribution in [2.75, 3.05) is 16.3 Å². The molecule has 184 valence electrons. The average molecular weight is 542 g/mol. The van der Waals surface area contributed by atoms with E-state index >= 15 is 0 Å². The van der Waals surface area contributed by atoms with Crippen molar-refractivity contribution in [1.29, 1.82) is 0 Å². The summed E-state index contributed by atoms with van der Waals surface area (Å²) in [5, 5.41) is 14.0. The van der Waals surface area contributed by atoms with Gasteiger partial charge in [-0.25, -0.2) is 0 Å². The fourth-order valence-corrected chi connectivity index (χ4v) is 6.76. The van der Waals surface area contributed by atoms with Crippen LogP contribution in [0.3, 0.4) is 0 Å². The van der Waals surface area contributed by atoms with Crippen LogP contribution in [-0.2, 0) is 0 Å². The quantitative estimate of drug-likeness (QED) is 0.287. The molecule has 3 nitrogen and oxygen atoms in total. The third-order valence-electron chi connectivity index (χ3n) is 8.12. The summed E-state index contributed by atoms with van der Waals surface area (Å²) in [6, 6.07) is 35.1. The van der Waals surface area contributed by atoms with Crippen LogP contribution in [-0.4, -0.2) is 23.8 Å². The molecule has 4 unspecified atom stereocenters. The molecule has 36 heavy (non-hydrogen) atoms. The monoisotopic (exact) mass is 540 g/mol. The van der Waals surface area contributed by atoms with Crippen LogP contribution in [0.1, 0.15) is 38.4 Å². The molecule has 2 aliphatic rings. The predicted molar refractivity (Wildman–Crippen MR) is 153 cm³/mol. The van der Waals surface area contributed by atoms with Gasteiger partial charge < -0.3 is 14.9 Å². The van der Waals surface area contributed by atoms with Crippen molar-refractivity contribution in [2.45, 2.75) is 45.0 Å². The Bertz CT molecular complexity index is 1350. The first-order valence-electron chi connectivity index (χ1n) is 12.9. The summed E-state index contributed by atoms with van der Waals surface area (Å²) < 4.78 is 1.08. The van der Waals surface area contributed by atoms with Crippen LogP contribution < -0.4 is 9.80 Å².